The van der Waals surface area contributed by atoms with Crippen LogP contribution in [0.25, 0.3) is 0 Å². The van der Waals surface area contributed by atoms with E-state index in [9.17, 15) is 24.3 Å². The Morgan fingerprint density at radius 2 is 1.67 bits per heavy atom. The molecule has 0 unspecified atom stereocenters. The van der Waals surface area contributed by atoms with E-state index in [-0.39, 0.29) is 24.3 Å². The molecule has 2 N–H and O–H groups in total. The monoisotopic (exact) mass is 449 g/mol. The molecule has 0 aliphatic carbocycles. The van der Waals surface area contributed by atoms with Gasteiger partial charge in [-0.15, -0.1) is 0 Å². The smallest absolute Gasteiger partial charge is 0.330 e. The molecule has 1 saturated heterocycles. The van der Waals surface area contributed by atoms with Crippen molar-refractivity contribution in [1.82, 2.24) is 15.1 Å². The topological polar surface area (TPSA) is 107 Å². The first-order valence-corrected chi connectivity index (χ1v) is 11.2. The second-order valence-electron chi connectivity index (χ2n) is 8.45. The Kier molecular flexibility index (Phi) is 6.72. The number of unbranched alkanes of at least 4 members (excludes halogenated alkanes) is 2. The number of nitrogens with zero attached hydrogens (tertiary/aromatic N) is 2. The van der Waals surface area contributed by atoms with Gasteiger partial charge in [0.05, 0.1) is 0 Å². The number of imide groups is 1. The second kappa shape index (κ2) is 9.85. The molecule has 4 amide bonds. The summed E-state index contributed by atoms with van der Waals surface area (Å²) < 4.78 is 0. The molecule has 0 spiro atoms. The van der Waals surface area contributed by atoms with Gasteiger partial charge in [-0.2, -0.15) is 0 Å². The van der Waals surface area contributed by atoms with Crippen LogP contribution in [0.5, 0.6) is 0 Å². The maximum absolute atomic E-state index is 12.8. The van der Waals surface area contributed by atoms with Gasteiger partial charge in [0, 0.05) is 25.9 Å². The highest BCUT2D eigenvalue weighted by Gasteiger charge is 2.46. The summed E-state index contributed by atoms with van der Waals surface area (Å²) in [5, 5.41) is 12.0. The third-order valence-electron chi connectivity index (χ3n) is 6.25. The van der Waals surface area contributed by atoms with E-state index in [4.69, 9.17) is 0 Å². The van der Waals surface area contributed by atoms with Crippen molar-refractivity contribution in [1.29, 1.82) is 0 Å². The largest absolute Gasteiger partial charge is 0.479 e. The van der Waals surface area contributed by atoms with Crippen molar-refractivity contribution in [3.8, 4) is 0 Å². The van der Waals surface area contributed by atoms with Crippen molar-refractivity contribution in [2.24, 2.45) is 0 Å². The normalized spacial score (nSPS) is 18.0. The molecule has 2 aromatic carbocycles. The van der Waals surface area contributed by atoms with Gasteiger partial charge in [-0.25, -0.2) is 9.59 Å². The maximum Gasteiger partial charge on any atom is 0.330 e. The molecule has 8 nitrogen and oxygen atoms in total. The molecule has 0 bridgehead atoms. The van der Waals surface area contributed by atoms with E-state index in [1.54, 1.807) is 35.2 Å². The predicted octanol–water partition coefficient (Wildman–Crippen LogP) is 2.88. The van der Waals surface area contributed by atoms with Gasteiger partial charge in [-0.05, 0) is 29.5 Å². The lowest BCUT2D eigenvalue weighted by atomic mass is 9.95. The van der Waals surface area contributed by atoms with Gasteiger partial charge in [-0.1, -0.05) is 61.0 Å². The van der Waals surface area contributed by atoms with Crippen LogP contribution in [-0.2, 0) is 27.3 Å². The first-order chi connectivity index (χ1) is 16.0. The number of benzene rings is 2. The lowest BCUT2D eigenvalue weighted by Crippen LogP contribution is -2.39. The number of carboxylic acid groups (broad SMARTS) is 1. The highest BCUT2D eigenvalue weighted by molar-refractivity contribution is 6.04. The van der Waals surface area contributed by atoms with Crippen molar-refractivity contribution in [2.75, 3.05) is 6.54 Å². The van der Waals surface area contributed by atoms with Crippen LogP contribution in [-0.4, -0.2) is 51.3 Å². The zero-order valence-corrected chi connectivity index (χ0v) is 18.3. The van der Waals surface area contributed by atoms with Gasteiger partial charge < -0.3 is 15.3 Å². The van der Waals surface area contributed by atoms with Crippen LogP contribution in [0.3, 0.4) is 0 Å². The van der Waals surface area contributed by atoms with Crippen molar-refractivity contribution in [3.63, 3.8) is 0 Å². The summed E-state index contributed by atoms with van der Waals surface area (Å²) in [5.74, 6) is -1.60. The average molecular weight is 450 g/mol. The predicted molar refractivity (Wildman–Crippen MR) is 120 cm³/mol. The molecule has 8 heteroatoms. The Balaban J connectivity index is 1.22. The summed E-state index contributed by atoms with van der Waals surface area (Å²) in [6.07, 6.45) is 2.52. The highest BCUT2D eigenvalue weighted by atomic mass is 16.4. The lowest BCUT2D eigenvalue weighted by molar-refractivity contribution is -0.142. The minimum Gasteiger partial charge on any atom is -0.479 e. The van der Waals surface area contributed by atoms with Crippen LogP contribution in [0.2, 0.25) is 0 Å². The van der Waals surface area contributed by atoms with Crippen LogP contribution in [0.4, 0.5) is 4.79 Å². The molecule has 0 radical (unpaired) electrons. The standard InChI is InChI=1S/C25H27N3O5/c29-21(26-22(24(31)32)17-9-3-1-4-10-17)13-5-2-8-14-27-23(30)20-15-18-11-6-7-12-19(18)16-28(20)25(27)33/h1,3-4,6-7,9-12,20,22H,2,5,8,13-16H2,(H,26,29)(H,31,32)/t20-,22+/m0/s1. The summed E-state index contributed by atoms with van der Waals surface area (Å²) in [7, 11) is 0. The van der Waals surface area contributed by atoms with Gasteiger partial charge in [0.25, 0.3) is 5.91 Å². The van der Waals surface area contributed by atoms with Crippen LogP contribution < -0.4 is 5.32 Å². The maximum atomic E-state index is 12.8. The average Bonchev–Trinajstić information content (AvgIpc) is 3.05. The zero-order chi connectivity index (χ0) is 23.4. The van der Waals surface area contributed by atoms with E-state index in [1.165, 1.54) is 4.90 Å². The van der Waals surface area contributed by atoms with Gasteiger partial charge in [0.2, 0.25) is 5.91 Å². The van der Waals surface area contributed by atoms with E-state index < -0.39 is 18.1 Å². The Hall–Kier alpha value is -3.68. The SMILES string of the molecule is O=C(CCCCCN1C(=O)[C@@H]2Cc3ccccc3CN2C1=O)N[C@@H](C(=O)O)c1ccccc1. The van der Waals surface area contributed by atoms with Crippen molar-refractivity contribution < 1.29 is 24.3 Å². The van der Waals surface area contributed by atoms with Gasteiger partial charge in [0.1, 0.15) is 6.04 Å². The van der Waals surface area contributed by atoms with Crippen molar-refractivity contribution in [2.45, 2.75) is 50.7 Å². The van der Waals surface area contributed by atoms with E-state index >= 15 is 0 Å². The summed E-state index contributed by atoms with van der Waals surface area (Å²) in [6.45, 7) is 0.776. The minimum absolute atomic E-state index is 0.153. The van der Waals surface area contributed by atoms with Crippen molar-refractivity contribution >= 4 is 23.8 Å². The third-order valence-corrected chi connectivity index (χ3v) is 6.25. The Morgan fingerprint density at radius 3 is 2.39 bits per heavy atom. The van der Waals surface area contributed by atoms with Gasteiger partial charge in [0.15, 0.2) is 6.04 Å². The number of aliphatic carboxylic acids is 1. The molecular weight excluding hydrogens is 422 g/mol. The van der Waals surface area contributed by atoms with Crippen molar-refractivity contribution in [3.05, 3.63) is 71.3 Å². The molecule has 4 rings (SSSR count). The number of hydrogen-bond acceptors (Lipinski definition) is 4. The molecule has 2 aliphatic rings. The number of nitrogens with one attached hydrogen (secondary N) is 1. The molecule has 1 fully saturated rings. The molecular formula is C25H27N3O5. The molecule has 2 aliphatic heterocycles. The van der Waals surface area contributed by atoms with Crippen LogP contribution in [0, 0.1) is 0 Å². The summed E-state index contributed by atoms with van der Waals surface area (Å²) in [6, 6.07) is 14.7. The number of fused-ring (bicyclic) bond motifs is 2. The first-order valence-electron chi connectivity index (χ1n) is 11.2. The molecule has 2 aromatic rings. The van der Waals surface area contributed by atoms with E-state index in [0.29, 0.717) is 44.3 Å². The molecule has 172 valence electrons. The lowest BCUT2D eigenvalue weighted by Gasteiger charge is -2.28. The quantitative estimate of drug-likeness (QED) is 0.452. The Labute approximate surface area is 192 Å². The molecule has 2 atom stereocenters. The minimum atomic E-state index is -1.11. The van der Waals surface area contributed by atoms with Crippen LogP contribution in [0.1, 0.15) is 48.4 Å². The fourth-order valence-corrected chi connectivity index (χ4v) is 4.48. The molecule has 33 heavy (non-hydrogen) atoms. The highest BCUT2D eigenvalue weighted by Crippen LogP contribution is 2.30. The number of carboxylic acids is 1. The number of amides is 4. The number of urea groups is 1. The Bertz CT molecular complexity index is 1010. The first kappa shape index (κ1) is 22.5. The fraction of sp³-hybridized carbons (Fsp3) is 0.360. The summed E-state index contributed by atoms with van der Waals surface area (Å²) in [4.78, 5) is 52.3. The van der Waals surface area contributed by atoms with E-state index in [0.717, 1.165) is 11.1 Å². The van der Waals surface area contributed by atoms with Gasteiger partial charge in [-0.3, -0.25) is 14.5 Å². The van der Waals surface area contributed by atoms with E-state index in [2.05, 4.69) is 5.32 Å². The number of rotatable bonds is 9. The summed E-state index contributed by atoms with van der Waals surface area (Å²) in [5.41, 5.74) is 2.71. The Morgan fingerprint density at radius 1 is 0.970 bits per heavy atom. The summed E-state index contributed by atoms with van der Waals surface area (Å²) >= 11 is 0. The second-order valence-corrected chi connectivity index (χ2v) is 8.45. The van der Waals surface area contributed by atoms with Gasteiger partial charge >= 0.3 is 12.0 Å². The van der Waals surface area contributed by atoms with Crippen LogP contribution in [0.15, 0.2) is 54.6 Å². The van der Waals surface area contributed by atoms with E-state index in [1.807, 2.05) is 24.3 Å². The number of carbonyl (C=O) groups is 4. The fourth-order valence-electron chi connectivity index (χ4n) is 4.48. The number of hydrogen-bond donors (Lipinski definition) is 2. The molecule has 2 heterocycles. The zero-order valence-electron chi connectivity index (χ0n) is 18.3. The molecule has 0 aromatic heterocycles. The molecule has 0 saturated carbocycles. The number of carbonyl (C=O) groups excluding carboxylic acids is 3. The van der Waals surface area contributed by atoms with Crippen LogP contribution >= 0.6 is 0 Å². The third kappa shape index (κ3) is 4.89.